The van der Waals surface area contributed by atoms with Crippen LogP contribution in [0.2, 0.25) is 0 Å². The summed E-state index contributed by atoms with van der Waals surface area (Å²) < 4.78 is 10.6. The first-order chi connectivity index (χ1) is 19.1. The van der Waals surface area contributed by atoms with Crippen LogP contribution in [0.15, 0.2) is 36.4 Å². The van der Waals surface area contributed by atoms with Gasteiger partial charge < -0.3 is 35.0 Å². The van der Waals surface area contributed by atoms with Gasteiger partial charge in [0.2, 0.25) is 0 Å². The van der Waals surface area contributed by atoms with Gasteiger partial charge in [0.05, 0.1) is 26.4 Å². The highest BCUT2D eigenvalue weighted by atomic mass is 79.9. The third-order valence-corrected chi connectivity index (χ3v) is 7.00. The Morgan fingerprint density at radius 2 is 0.800 bits per heavy atom. The molecule has 0 saturated heterocycles. The van der Waals surface area contributed by atoms with E-state index in [0.717, 1.165) is 33.4 Å². The third-order valence-electron chi connectivity index (χ3n) is 5.79. The van der Waals surface area contributed by atoms with E-state index in [0.29, 0.717) is 59.7 Å². The molecule has 40 heavy (non-hydrogen) atoms. The van der Waals surface area contributed by atoms with Crippen LogP contribution in [0.4, 0.5) is 0 Å². The van der Waals surface area contributed by atoms with E-state index < -0.39 is 0 Å². The lowest BCUT2D eigenvalue weighted by Crippen LogP contribution is -1.99. The predicted octanol–water partition coefficient (Wildman–Crippen LogP) is 6.95. The molecule has 0 bridgehead atoms. The molecule has 0 aliphatic heterocycles. The zero-order valence-electron chi connectivity index (χ0n) is 23.9. The van der Waals surface area contributed by atoms with E-state index >= 15 is 0 Å². The van der Waals surface area contributed by atoms with Gasteiger partial charge in [0.15, 0.2) is 0 Å². The third kappa shape index (κ3) is 11.4. The summed E-state index contributed by atoms with van der Waals surface area (Å²) in [4.78, 5) is 0. The van der Waals surface area contributed by atoms with Gasteiger partial charge in [-0.3, -0.25) is 0 Å². The van der Waals surface area contributed by atoms with Crippen LogP contribution in [-0.2, 0) is 46.6 Å². The number of halogens is 2. The monoisotopic (exact) mass is 684 g/mol. The molecule has 222 valence electrons. The van der Waals surface area contributed by atoms with Crippen LogP contribution >= 0.6 is 31.9 Å². The molecule has 0 aliphatic rings. The Kier molecular flexibility index (Phi) is 17.1. The van der Waals surface area contributed by atoms with Crippen LogP contribution < -0.4 is 0 Å². The molecular formula is C31H42Br2O7. The van der Waals surface area contributed by atoms with Crippen molar-refractivity contribution in [3.8, 4) is 17.2 Å². The maximum atomic E-state index is 10.0. The fourth-order valence-corrected chi connectivity index (χ4v) is 4.75. The lowest BCUT2D eigenvalue weighted by atomic mass is 10.1. The second kappa shape index (κ2) is 19.1. The summed E-state index contributed by atoms with van der Waals surface area (Å²) in [6.07, 6.45) is 0. The second-order valence-corrected chi connectivity index (χ2v) is 10.3. The molecule has 0 unspecified atom stereocenters. The van der Waals surface area contributed by atoms with Crippen molar-refractivity contribution in [2.24, 2.45) is 0 Å². The standard InChI is InChI=1S/C13H20O3.C9H10Br2O.C9H12O3/c1-4-15-8-11-6-10(3)7-12(13(11)14)9-16-5-2;2*1-6-2-7(4-10)9(12)8(3-6)5-11/h6-7,14H,4-5,8-9H2,1-3H3;2-3,12H,4-5H2,1H3;2-3,10-12H,4-5H2,1H3. The Labute approximate surface area is 254 Å². The SMILES string of the molecule is CCOCc1cc(C)cc(COCC)c1O.Cc1cc(CBr)c(O)c(CBr)c1.Cc1cc(CO)c(O)c(CO)c1. The van der Waals surface area contributed by atoms with Crippen LogP contribution in [0.3, 0.4) is 0 Å². The van der Waals surface area contributed by atoms with Crippen molar-refractivity contribution in [3.63, 3.8) is 0 Å². The van der Waals surface area contributed by atoms with Gasteiger partial charge in [-0.1, -0.05) is 84.9 Å². The Morgan fingerprint density at radius 3 is 1.10 bits per heavy atom. The van der Waals surface area contributed by atoms with E-state index in [1.807, 2.05) is 58.9 Å². The van der Waals surface area contributed by atoms with Crippen LogP contribution in [0.25, 0.3) is 0 Å². The summed E-state index contributed by atoms with van der Waals surface area (Å²) in [5.41, 5.74) is 7.68. The number of alkyl halides is 2. The largest absolute Gasteiger partial charge is 0.507 e. The van der Waals surface area contributed by atoms with Crippen molar-refractivity contribution in [1.29, 1.82) is 0 Å². The first-order valence-corrected chi connectivity index (χ1v) is 15.2. The lowest BCUT2D eigenvalue weighted by molar-refractivity contribution is 0.126. The quantitative estimate of drug-likeness (QED) is 0.147. The molecule has 0 amide bonds. The highest BCUT2D eigenvalue weighted by Gasteiger charge is 2.09. The minimum atomic E-state index is -0.208. The van der Waals surface area contributed by atoms with E-state index in [-0.39, 0.29) is 19.0 Å². The topological polar surface area (TPSA) is 120 Å². The number of phenolic OH excluding ortho intramolecular Hbond substituents is 2. The summed E-state index contributed by atoms with van der Waals surface area (Å²) in [5, 5.41) is 48.1. The highest BCUT2D eigenvalue weighted by molar-refractivity contribution is 9.08. The Bertz CT molecular complexity index is 1060. The van der Waals surface area contributed by atoms with E-state index in [1.165, 1.54) is 5.56 Å². The number of ether oxygens (including phenoxy) is 2. The van der Waals surface area contributed by atoms with Crippen molar-refractivity contribution in [1.82, 2.24) is 0 Å². The zero-order chi connectivity index (χ0) is 30.2. The number of aliphatic hydroxyl groups excluding tert-OH is 2. The van der Waals surface area contributed by atoms with Gasteiger partial charge in [-0.25, -0.2) is 0 Å². The second-order valence-electron chi connectivity index (χ2n) is 9.15. The molecule has 3 rings (SSSR count). The number of aliphatic hydroxyl groups is 2. The Morgan fingerprint density at radius 1 is 0.525 bits per heavy atom. The van der Waals surface area contributed by atoms with Crippen LogP contribution in [0, 0.1) is 20.8 Å². The Balaban J connectivity index is 0.000000305. The first kappa shape index (κ1) is 35.9. The molecule has 9 heteroatoms. The summed E-state index contributed by atoms with van der Waals surface area (Å²) >= 11 is 6.66. The van der Waals surface area contributed by atoms with Gasteiger partial charge in [0.1, 0.15) is 17.2 Å². The van der Waals surface area contributed by atoms with Gasteiger partial charge in [0, 0.05) is 57.3 Å². The van der Waals surface area contributed by atoms with Gasteiger partial charge in [-0.2, -0.15) is 0 Å². The summed E-state index contributed by atoms with van der Waals surface area (Å²) in [7, 11) is 0. The fourth-order valence-electron chi connectivity index (χ4n) is 3.89. The number of aryl methyl sites for hydroxylation is 3. The molecule has 0 heterocycles. The number of phenols is 3. The maximum Gasteiger partial charge on any atom is 0.126 e. The van der Waals surface area contributed by atoms with Crippen molar-refractivity contribution in [2.75, 3.05) is 13.2 Å². The molecule has 0 aromatic heterocycles. The molecule has 0 fully saturated rings. The molecule has 3 aromatic carbocycles. The van der Waals surface area contributed by atoms with Gasteiger partial charge in [-0.15, -0.1) is 0 Å². The van der Waals surface area contributed by atoms with Gasteiger partial charge >= 0.3 is 0 Å². The fraction of sp³-hybridized carbons (Fsp3) is 0.419. The minimum Gasteiger partial charge on any atom is -0.507 e. The van der Waals surface area contributed by atoms with E-state index in [9.17, 15) is 15.3 Å². The predicted molar refractivity (Wildman–Crippen MR) is 166 cm³/mol. The van der Waals surface area contributed by atoms with Crippen LogP contribution in [0.5, 0.6) is 17.2 Å². The van der Waals surface area contributed by atoms with Gasteiger partial charge in [0.25, 0.3) is 0 Å². The van der Waals surface area contributed by atoms with Crippen LogP contribution in [0.1, 0.15) is 63.9 Å². The molecule has 3 aromatic rings. The average Bonchev–Trinajstić information content (AvgIpc) is 2.95. The number of hydrogen-bond donors (Lipinski definition) is 5. The molecular weight excluding hydrogens is 644 g/mol. The molecule has 5 N–H and O–H groups in total. The van der Waals surface area contributed by atoms with Gasteiger partial charge in [-0.05, 0) is 34.6 Å². The first-order valence-electron chi connectivity index (χ1n) is 13.0. The van der Waals surface area contributed by atoms with Crippen molar-refractivity contribution in [2.45, 2.75) is 71.7 Å². The lowest BCUT2D eigenvalue weighted by Gasteiger charge is -2.11. The Hall–Kier alpha value is -2.14. The average molecular weight is 686 g/mol. The van der Waals surface area contributed by atoms with E-state index in [2.05, 4.69) is 31.9 Å². The maximum absolute atomic E-state index is 10.0. The smallest absolute Gasteiger partial charge is 0.126 e. The molecule has 0 saturated carbocycles. The zero-order valence-corrected chi connectivity index (χ0v) is 27.1. The molecule has 7 nitrogen and oxygen atoms in total. The van der Waals surface area contributed by atoms with E-state index in [1.54, 1.807) is 12.1 Å². The van der Waals surface area contributed by atoms with E-state index in [4.69, 9.17) is 19.7 Å². The molecule has 0 aliphatic carbocycles. The summed E-state index contributed by atoms with van der Waals surface area (Å²) in [5.74, 6) is 0.687. The minimum absolute atomic E-state index is 0.00870. The normalized spacial score (nSPS) is 10.4. The van der Waals surface area contributed by atoms with Crippen molar-refractivity contribution >= 4 is 31.9 Å². The summed E-state index contributed by atoms with van der Waals surface area (Å²) in [6.45, 7) is 11.5. The van der Waals surface area contributed by atoms with Crippen LogP contribution in [-0.4, -0.2) is 38.7 Å². The molecule has 0 radical (unpaired) electrons. The number of rotatable bonds is 10. The highest BCUT2D eigenvalue weighted by Crippen LogP contribution is 2.28. The van der Waals surface area contributed by atoms with Crippen molar-refractivity contribution < 1.29 is 35.0 Å². The molecule has 0 spiro atoms. The number of hydrogen-bond acceptors (Lipinski definition) is 7. The summed E-state index contributed by atoms with van der Waals surface area (Å²) in [6, 6.07) is 11.2. The molecule has 0 atom stereocenters. The van der Waals surface area contributed by atoms with Crippen molar-refractivity contribution in [3.05, 3.63) is 86.5 Å². The number of benzene rings is 3. The number of aromatic hydroxyl groups is 3.